The molecule has 0 fully saturated rings. The van der Waals surface area contributed by atoms with Crippen molar-refractivity contribution in [3.8, 4) is 6.07 Å². The van der Waals surface area contributed by atoms with Crippen molar-refractivity contribution < 1.29 is 9.53 Å². The van der Waals surface area contributed by atoms with Crippen molar-refractivity contribution in [3.05, 3.63) is 60.0 Å². The molecule has 0 bridgehead atoms. The molecule has 2 aromatic rings. The van der Waals surface area contributed by atoms with Crippen LogP contribution in [0.25, 0.3) is 10.2 Å². The van der Waals surface area contributed by atoms with Crippen LogP contribution >= 0.6 is 11.3 Å². The van der Waals surface area contributed by atoms with Crippen molar-refractivity contribution in [2.24, 2.45) is 0 Å². The Kier molecular flexibility index (Phi) is 7.60. The second kappa shape index (κ2) is 10.6. The van der Waals surface area contributed by atoms with E-state index < -0.39 is 5.97 Å². The highest BCUT2D eigenvalue weighted by atomic mass is 32.1. The predicted octanol–water partition coefficient (Wildman–Crippen LogP) is 5.87. The minimum atomic E-state index is -0.557. The molecule has 2 heterocycles. The van der Waals surface area contributed by atoms with Crippen LogP contribution in [0.3, 0.4) is 0 Å². The van der Waals surface area contributed by atoms with Gasteiger partial charge in [0.2, 0.25) is 0 Å². The number of hydrogen-bond donors (Lipinski definition) is 0. The molecule has 3 rings (SSSR count). The molecule has 0 atom stereocenters. The topological polar surface area (TPSA) is 66.2 Å². The highest BCUT2D eigenvalue weighted by Crippen LogP contribution is 2.30. The third kappa shape index (κ3) is 5.55. The third-order valence-electron chi connectivity index (χ3n) is 4.67. The number of benzene rings is 1. The summed E-state index contributed by atoms with van der Waals surface area (Å²) in [4.78, 5) is 18.8. The van der Waals surface area contributed by atoms with Gasteiger partial charge < -0.3 is 9.64 Å². The van der Waals surface area contributed by atoms with Crippen LogP contribution in [0.1, 0.15) is 45.4 Å². The van der Waals surface area contributed by atoms with Crippen LogP contribution in [0.2, 0.25) is 0 Å². The zero-order valence-electron chi connectivity index (χ0n) is 16.6. The summed E-state index contributed by atoms with van der Waals surface area (Å²) in [6, 6.07) is 9.95. The number of hydrogen-bond acceptors (Lipinski definition) is 6. The Hall–Kier alpha value is -2.91. The Morgan fingerprint density at radius 2 is 1.86 bits per heavy atom. The first-order chi connectivity index (χ1) is 14.2. The van der Waals surface area contributed by atoms with Gasteiger partial charge >= 0.3 is 5.97 Å². The summed E-state index contributed by atoms with van der Waals surface area (Å²) in [5.74, 6) is -0.557. The number of carbonyl (C=O) groups is 1. The fourth-order valence-corrected chi connectivity index (χ4v) is 3.97. The van der Waals surface area contributed by atoms with Crippen molar-refractivity contribution in [2.75, 3.05) is 11.5 Å². The number of carbonyl (C=O) groups excluding carboxylic acids is 1. The summed E-state index contributed by atoms with van der Waals surface area (Å²) in [5, 5.41) is 10.3. The number of nitriles is 1. The van der Waals surface area contributed by atoms with Crippen LogP contribution in [0.15, 0.2) is 60.0 Å². The smallest absolute Gasteiger partial charge is 0.349 e. The van der Waals surface area contributed by atoms with Crippen LogP contribution in [0, 0.1) is 11.3 Å². The summed E-state index contributed by atoms with van der Waals surface area (Å²) < 4.78 is 6.41. The number of aromatic nitrogens is 1. The highest BCUT2D eigenvalue weighted by molar-refractivity contribution is 7.22. The number of thiazole rings is 1. The van der Waals surface area contributed by atoms with Gasteiger partial charge in [-0.2, -0.15) is 5.26 Å². The molecule has 1 aromatic heterocycles. The quantitative estimate of drug-likeness (QED) is 0.225. The van der Waals surface area contributed by atoms with Gasteiger partial charge in [0.25, 0.3) is 0 Å². The van der Waals surface area contributed by atoms with E-state index >= 15 is 0 Å². The molecule has 0 N–H and O–H groups in total. The second-order valence-corrected chi connectivity index (χ2v) is 7.86. The molecule has 1 aromatic carbocycles. The Labute approximate surface area is 175 Å². The molecule has 5 nitrogen and oxygen atoms in total. The molecule has 0 radical (unpaired) electrons. The van der Waals surface area contributed by atoms with Crippen LogP contribution in [-0.2, 0) is 9.53 Å². The number of nitrogens with zero attached hydrogens (tertiary/aromatic N) is 3. The first kappa shape index (κ1) is 20.8. The summed E-state index contributed by atoms with van der Waals surface area (Å²) in [6.07, 6.45) is 13.8. The van der Waals surface area contributed by atoms with E-state index in [4.69, 9.17) is 4.74 Å². The lowest BCUT2D eigenvalue weighted by atomic mass is 10.1. The fraction of sp³-hybridized carbons (Fsp3) is 0.348. The lowest BCUT2D eigenvalue weighted by Crippen LogP contribution is -2.13. The number of ether oxygens (including phenoxy) is 1. The molecule has 0 saturated carbocycles. The highest BCUT2D eigenvalue weighted by Gasteiger charge is 2.17. The Balaban J connectivity index is 1.57. The van der Waals surface area contributed by atoms with E-state index in [9.17, 15) is 10.1 Å². The molecule has 1 aliphatic heterocycles. The number of esters is 1. The van der Waals surface area contributed by atoms with E-state index in [0.717, 1.165) is 34.6 Å². The average Bonchev–Trinajstić information content (AvgIpc) is 3.18. The van der Waals surface area contributed by atoms with Crippen molar-refractivity contribution >= 4 is 32.7 Å². The Bertz CT molecular complexity index is 932. The van der Waals surface area contributed by atoms with Crippen LogP contribution in [-0.4, -0.2) is 17.6 Å². The molecular weight excluding hydrogens is 382 g/mol. The summed E-state index contributed by atoms with van der Waals surface area (Å²) in [5.41, 5.74) is 1.54. The lowest BCUT2D eigenvalue weighted by molar-refractivity contribution is -0.138. The van der Waals surface area contributed by atoms with Crippen molar-refractivity contribution in [1.82, 2.24) is 4.98 Å². The Morgan fingerprint density at radius 1 is 1.14 bits per heavy atom. The monoisotopic (exact) mass is 407 g/mol. The zero-order chi connectivity index (χ0) is 20.5. The minimum Gasteiger partial charge on any atom is -0.462 e. The van der Waals surface area contributed by atoms with Crippen LogP contribution in [0.4, 0.5) is 5.13 Å². The van der Waals surface area contributed by atoms with Crippen molar-refractivity contribution in [3.63, 3.8) is 0 Å². The van der Waals surface area contributed by atoms with Crippen LogP contribution < -0.4 is 4.90 Å². The zero-order valence-corrected chi connectivity index (χ0v) is 17.5. The minimum absolute atomic E-state index is 0.0347. The largest absolute Gasteiger partial charge is 0.462 e. The maximum absolute atomic E-state index is 12.3. The van der Waals surface area contributed by atoms with Crippen molar-refractivity contribution in [2.45, 2.75) is 45.4 Å². The number of anilines is 1. The summed E-state index contributed by atoms with van der Waals surface area (Å²) in [6.45, 7) is 2.54. The van der Waals surface area contributed by atoms with Gasteiger partial charge in [-0.05, 0) is 30.7 Å². The van der Waals surface area contributed by atoms with Gasteiger partial charge in [0.15, 0.2) is 5.13 Å². The normalized spacial score (nSPS) is 13.0. The molecule has 0 amide bonds. The van der Waals surface area contributed by atoms with Gasteiger partial charge in [0.05, 0.1) is 16.8 Å². The molecule has 150 valence electrons. The van der Waals surface area contributed by atoms with Gasteiger partial charge in [-0.1, -0.05) is 62.5 Å². The van der Waals surface area contributed by atoms with E-state index in [1.165, 1.54) is 19.3 Å². The van der Waals surface area contributed by atoms with Gasteiger partial charge in [-0.25, -0.2) is 9.78 Å². The van der Waals surface area contributed by atoms with Crippen molar-refractivity contribution in [1.29, 1.82) is 5.26 Å². The summed E-state index contributed by atoms with van der Waals surface area (Å²) in [7, 11) is 0. The number of para-hydroxylation sites is 1. The first-order valence-corrected chi connectivity index (χ1v) is 10.9. The number of fused-ring (bicyclic) bond motifs is 1. The van der Waals surface area contributed by atoms with Gasteiger partial charge in [0, 0.05) is 18.0 Å². The molecule has 0 spiro atoms. The van der Waals surface area contributed by atoms with E-state index in [2.05, 4.69) is 11.9 Å². The maximum Gasteiger partial charge on any atom is 0.349 e. The molecule has 0 unspecified atom stereocenters. The maximum atomic E-state index is 12.3. The number of rotatable bonds is 9. The average molecular weight is 408 g/mol. The van der Waals surface area contributed by atoms with E-state index in [0.29, 0.717) is 12.2 Å². The standard InChI is InChI=1S/C23H25N3O2S/c1-2-3-4-5-6-9-16-28-22(27)19(17-24)18-12-14-26(15-13-18)23-25-20-10-7-8-11-21(20)29-23/h7-8,10-15H,2-6,9,16H2,1H3. The van der Waals surface area contributed by atoms with Crippen LogP contribution in [0.5, 0.6) is 0 Å². The first-order valence-electron chi connectivity index (χ1n) is 10.0. The van der Waals surface area contributed by atoms with E-state index in [1.54, 1.807) is 23.5 Å². The summed E-state index contributed by atoms with van der Waals surface area (Å²) >= 11 is 1.59. The Morgan fingerprint density at radius 3 is 2.59 bits per heavy atom. The van der Waals surface area contributed by atoms with Gasteiger partial charge in [-0.15, -0.1) is 0 Å². The molecule has 1 aliphatic rings. The molecule has 0 saturated heterocycles. The predicted molar refractivity (Wildman–Crippen MR) is 117 cm³/mol. The molecular formula is C23H25N3O2S. The van der Waals surface area contributed by atoms with E-state index in [1.807, 2.05) is 47.6 Å². The second-order valence-electron chi connectivity index (χ2n) is 6.85. The van der Waals surface area contributed by atoms with Gasteiger partial charge in [0.1, 0.15) is 11.6 Å². The fourth-order valence-electron chi connectivity index (χ4n) is 3.04. The molecule has 29 heavy (non-hydrogen) atoms. The third-order valence-corrected chi connectivity index (χ3v) is 5.72. The lowest BCUT2D eigenvalue weighted by Gasteiger charge is -2.16. The molecule has 0 aliphatic carbocycles. The number of unbranched alkanes of at least 4 members (excludes halogenated alkanes) is 5. The SMILES string of the molecule is CCCCCCCCOC(=O)C(C#N)=C1C=CN(c2nc3ccccc3s2)C=C1. The van der Waals surface area contributed by atoms with Gasteiger partial charge in [-0.3, -0.25) is 0 Å². The van der Waals surface area contributed by atoms with E-state index in [-0.39, 0.29) is 5.57 Å². The number of allylic oxidation sites excluding steroid dienone is 3. The molecule has 6 heteroatoms.